The Kier molecular flexibility index (Phi) is 5.28. The number of aliphatic hydroxyl groups is 2. The Labute approximate surface area is 226 Å². The lowest BCUT2D eigenvalue weighted by atomic mass is 9.80. The highest BCUT2D eigenvalue weighted by Gasteiger charge is 2.27. The van der Waals surface area contributed by atoms with E-state index in [4.69, 9.17) is 10.8 Å². The van der Waals surface area contributed by atoms with Crippen LogP contribution in [-0.4, -0.2) is 44.2 Å². The molecule has 0 saturated carbocycles. The molecule has 0 amide bonds. The largest absolute Gasteiger partial charge is 0.493 e. The number of carbonyl (C=O) groups is 2. The van der Waals surface area contributed by atoms with Crippen LogP contribution in [0.4, 0.5) is 0 Å². The van der Waals surface area contributed by atoms with E-state index in [9.17, 15) is 30.0 Å². The molecular weight excluding hydrogens is 508 g/mol. The van der Waals surface area contributed by atoms with E-state index in [1.54, 1.807) is 24.3 Å². The highest BCUT2D eigenvalue weighted by atomic mass is 16.4. The first-order valence-electron chi connectivity index (χ1n) is 12.4. The summed E-state index contributed by atoms with van der Waals surface area (Å²) in [6, 6.07) is 16.7. The van der Waals surface area contributed by atoms with Gasteiger partial charge in [-0.05, 0) is 92.7 Å². The van der Waals surface area contributed by atoms with Crippen molar-refractivity contribution in [1.29, 1.82) is 10.8 Å². The fraction of sp³-hybridized carbons (Fsp3) is 0.0625. The van der Waals surface area contributed by atoms with Crippen molar-refractivity contribution in [2.75, 3.05) is 0 Å². The number of nitrogens with one attached hydrogen (secondary N) is 2. The molecule has 0 saturated heterocycles. The normalized spacial score (nSPS) is 11.6. The second-order valence-corrected chi connectivity index (χ2v) is 9.90. The quantitative estimate of drug-likeness (QED) is 0.0598. The molecule has 0 fully saturated rings. The third-order valence-corrected chi connectivity index (χ3v) is 7.72. The van der Waals surface area contributed by atoms with E-state index < -0.39 is 23.7 Å². The number of rotatable bonds is 5. The van der Waals surface area contributed by atoms with Crippen molar-refractivity contribution in [3.63, 3.8) is 0 Å². The Morgan fingerprint density at radius 1 is 0.550 bits per heavy atom. The van der Waals surface area contributed by atoms with Crippen LogP contribution in [0.15, 0.2) is 60.7 Å². The van der Waals surface area contributed by atoms with Gasteiger partial charge in [0.25, 0.3) is 0 Å². The van der Waals surface area contributed by atoms with Gasteiger partial charge in [0, 0.05) is 21.9 Å². The zero-order valence-corrected chi connectivity index (χ0v) is 21.4. The summed E-state index contributed by atoms with van der Waals surface area (Å²) in [5.41, 5.74) is 3.27. The van der Waals surface area contributed by atoms with Gasteiger partial charge in [-0.15, -0.1) is 0 Å². The van der Waals surface area contributed by atoms with Crippen molar-refractivity contribution in [2.45, 2.75) is 13.8 Å². The summed E-state index contributed by atoms with van der Waals surface area (Å²) >= 11 is 0. The summed E-state index contributed by atoms with van der Waals surface area (Å²) in [5.74, 6) is -3.99. The van der Waals surface area contributed by atoms with Gasteiger partial charge in [-0.3, -0.25) is 10.8 Å². The molecule has 6 N–H and O–H groups in total. The van der Waals surface area contributed by atoms with Crippen molar-refractivity contribution in [2.24, 2.45) is 0 Å². The highest BCUT2D eigenvalue weighted by Crippen LogP contribution is 2.48. The number of hydrogen-bond donors (Lipinski definition) is 6. The molecule has 0 aromatic heterocycles. The Bertz CT molecular complexity index is 2100. The number of carboxylic acids is 2. The molecule has 0 spiro atoms. The Morgan fingerprint density at radius 2 is 1.02 bits per heavy atom. The van der Waals surface area contributed by atoms with Crippen LogP contribution >= 0.6 is 0 Å². The maximum Gasteiger partial charge on any atom is 0.336 e. The number of fused-ring (bicyclic) bond motifs is 2. The first-order valence-corrected chi connectivity index (χ1v) is 12.4. The summed E-state index contributed by atoms with van der Waals surface area (Å²) in [7, 11) is 0. The SMILES string of the molecule is Cc1cccc(C)c1-c1cc(C(=N)O)c2c(C(=N)O)ccc3c4ccc(C(=O)O)c5c(C(=O)O)ccc(c1c23)c54. The number of aliphatic hydroxyl groups excluding tert-OH is 2. The number of hydrogen-bond acceptors (Lipinski definition) is 4. The summed E-state index contributed by atoms with van der Waals surface area (Å²) in [4.78, 5) is 24.6. The molecule has 0 radical (unpaired) electrons. The second kappa shape index (κ2) is 8.51. The van der Waals surface area contributed by atoms with Gasteiger partial charge >= 0.3 is 11.9 Å². The lowest BCUT2D eigenvalue weighted by Gasteiger charge is -2.23. The number of aryl methyl sites for hydroxylation is 2. The maximum atomic E-state index is 12.3. The average Bonchev–Trinajstić information content (AvgIpc) is 2.90. The smallest absolute Gasteiger partial charge is 0.336 e. The van der Waals surface area contributed by atoms with Crippen molar-refractivity contribution in [3.8, 4) is 11.1 Å². The van der Waals surface area contributed by atoms with E-state index >= 15 is 0 Å². The molecule has 6 rings (SSSR count). The van der Waals surface area contributed by atoms with Gasteiger partial charge in [-0.25, -0.2) is 9.59 Å². The number of aromatic carboxylic acids is 2. The molecule has 8 nitrogen and oxygen atoms in total. The van der Waals surface area contributed by atoms with E-state index in [2.05, 4.69) is 0 Å². The minimum atomic E-state index is -1.26. The number of benzene rings is 6. The van der Waals surface area contributed by atoms with Gasteiger partial charge in [-0.1, -0.05) is 36.4 Å². The van der Waals surface area contributed by atoms with Crippen molar-refractivity contribution in [1.82, 2.24) is 0 Å². The Balaban J connectivity index is 2.05. The van der Waals surface area contributed by atoms with Gasteiger partial charge < -0.3 is 20.4 Å². The molecule has 0 unspecified atom stereocenters. The van der Waals surface area contributed by atoms with Crippen LogP contribution in [0.1, 0.15) is 43.0 Å². The van der Waals surface area contributed by atoms with E-state index in [1.165, 1.54) is 18.2 Å². The fourth-order valence-electron chi connectivity index (χ4n) is 6.17. The molecule has 0 bridgehead atoms. The summed E-state index contributed by atoms with van der Waals surface area (Å²) in [6.07, 6.45) is 0. The predicted molar refractivity (Wildman–Crippen MR) is 155 cm³/mol. The molecule has 0 atom stereocenters. The zero-order chi connectivity index (χ0) is 28.6. The average molecular weight is 531 g/mol. The van der Waals surface area contributed by atoms with Crippen LogP contribution < -0.4 is 0 Å². The van der Waals surface area contributed by atoms with Crippen LogP contribution in [0, 0.1) is 24.7 Å². The van der Waals surface area contributed by atoms with E-state index in [0.29, 0.717) is 43.3 Å². The van der Waals surface area contributed by atoms with Gasteiger partial charge in [-0.2, -0.15) is 0 Å². The molecular formula is C32H22N2O6. The minimum absolute atomic E-state index is 0.0965. The van der Waals surface area contributed by atoms with Crippen LogP contribution in [0.2, 0.25) is 0 Å². The molecule has 40 heavy (non-hydrogen) atoms. The third-order valence-electron chi connectivity index (χ3n) is 7.72. The summed E-state index contributed by atoms with van der Waals surface area (Å²) in [5, 5.41) is 61.0. The van der Waals surface area contributed by atoms with Crippen LogP contribution in [0.25, 0.3) is 54.2 Å². The predicted octanol–water partition coefficient (Wildman–Crippen LogP) is 7.18. The lowest BCUT2D eigenvalue weighted by molar-refractivity contribution is 0.0695. The van der Waals surface area contributed by atoms with E-state index in [-0.39, 0.29) is 27.6 Å². The van der Waals surface area contributed by atoms with Crippen molar-refractivity contribution in [3.05, 3.63) is 94.0 Å². The van der Waals surface area contributed by atoms with Gasteiger partial charge in [0.05, 0.1) is 11.1 Å². The molecule has 0 aliphatic heterocycles. The standard InChI is InChI=1S/C32H22N2O6/c1-13-4-3-5-14(2)23(13)21-12-22(30(34)36)26-18(29(33)35)9-6-16-15-7-10-19(31(37)38)27-20(32(39)40)11-8-17(24(15)27)25(21)28(16)26/h3-12H,1-2H3,(H2,33,35)(H2,34,36)(H,37,38)(H,39,40). The van der Waals surface area contributed by atoms with Crippen LogP contribution in [-0.2, 0) is 0 Å². The molecule has 196 valence electrons. The molecule has 8 heteroatoms. The van der Waals surface area contributed by atoms with Gasteiger partial charge in [0.15, 0.2) is 0 Å². The molecule has 0 heterocycles. The summed E-state index contributed by atoms with van der Waals surface area (Å²) in [6.45, 7) is 3.87. The Morgan fingerprint density at radius 3 is 1.55 bits per heavy atom. The first-order chi connectivity index (χ1) is 19.0. The molecule has 0 aliphatic carbocycles. The maximum absolute atomic E-state index is 12.3. The van der Waals surface area contributed by atoms with E-state index in [1.807, 2.05) is 32.0 Å². The van der Waals surface area contributed by atoms with Crippen molar-refractivity contribution < 1.29 is 30.0 Å². The first kappa shape index (κ1) is 24.8. The summed E-state index contributed by atoms with van der Waals surface area (Å²) < 4.78 is 0. The zero-order valence-electron chi connectivity index (χ0n) is 21.4. The Hall–Kier alpha value is -5.50. The topological polar surface area (TPSA) is 163 Å². The van der Waals surface area contributed by atoms with Crippen LogP contribution in [0.5, 0.6) is 0 Å². The fourth-order valence-corrected chi connectivity index (χ4v) is 6.17. The molecule has 6 aromatic rings. The van der Waals surface area contributed by atoms with Crippen molar-refractivity contribution >= 4 is 66.8 Å². The molecule has 6 aromatic carbocycles. The minimum Gasteiger partial charge on any atom is -0.493 e. The third kappa shape index (κ3) is 3.26. The van der Waals surface area contributed by atoms with E-state index in [0.717, 1.165) is 16.7 Å². The van der Waals surface area contributed by atoms with Gasteiger partial charge in [0.1, 0.15) is 0 Å². The number of carboxylic acid groups (broad SMARTS) is 2. The monoisotopic (exact) mass is 530 g/mol. The van der Waals surface area contributed by atoms with Crippen LogP contribution in [0.3, 0.4) is 0 Å². The lowest BCUT2D eigenvalue weighted by Crippen LogP contribution is -2.08. The highest BCUT2D eigenvalue weighted by molar-refractivity contribution is 6.40. The second-order valence-electron chi connectivity index (χ2n) is 9.90. The molecule has 0 aliphatic rings. The van der Waals surface area contributed by atoms with Gasteiger partial charge in [0.2, 0.25) is 11.8 Å².